The highest BCUT2D eigenvalue weighted by atomic mass is 32.3. The van der Waals surface area contributed by atoms with E-state index in [1.807, 2.05) is 0 Å². The molecule has 0 unspecified atom stereocenters. The van der Waals surface area contributed by atoms with Crippen molar-refractivity contribution in [1.82, 2.24) is 19.9 Å². The number of nitrogens with one attached hydrogen (secondary N) is 2. The average Bonchev–Trinajstić information content (AvgIpc) is 4.08. The molecule has 16 nitrogen and oxygen atoms in total. The highest BCUT2D eigenvalue weighted by molar-refractivity contribution is 8.20. The van der Waals surface area contributed by atoms with E-state index >= 15 is 0 Å². The van der Waals surface area contributed by atoms with Gasteiger partial charge in [-0.1, -0.05) is 92.0 Å². The van der Waals surface area contributed by atoms with Gasteiger partial charge in [-0.3, -0.25) is 0 Å². The fourth-order valence-corrected chi connectivity index (χ4v) is 9.58. The maximum Gasteiger partial charge on any atom is 0.0737 e. The van der Waals surface area contributed by atoms with Gasteiger partial charge in [0.2, 0.25) is 0 Å². The Morgan fingerprint density at radius 1 is 0.297 bits per heavy atom. The molecule has 64 heavy (non-hydrogen) atoms. The Morgan fingerprint density at radius 2 is 0.484 bits per heavy atom. The molecule has 2 aliphatic heterocycles. The van der Waals surface area contributed by atoms with Crippen LogP contribution in [-0.4, -0.2) is 74.6 Å². The van der Waals surface area contributed by atoms with Crippen LogP contribution < -0.4 is 0 Å². The Bertz CT molecular complexity index is 2760. The van der Waals surface area contributed by atoms with Crippen molar-refractivity contribution in [2.75, 3.05) is 0 Å². The zero-order valence-corrected chi connectivity index (χ0v) is 35.9. The Hall–Kier alpha value is -5.60. The van der Waals surface area contributed by atoms with Gasteiger partial charge in [-0.25, -0.2) is 9.97 Å². The zero-order chi connectivity index (χ0) is 45.3. The van der Waals surface area contributed by atoms with Gasteiger partial charge < -0.3 is 64.6 Å². The van der Waals surface area contributed by atoms with Gasteiger partial charge in [-0.05, 0) is 119 Å². The quantitative estimate of drug-likeness (QED) is 0.0677. The lowest BCUT2D eigenvalue weighted by Gasteiger charge is -2.33. The number of benzene rings is 4. The smallest absolute Gasteiger partial charge is 0.0737 e. The van der Waals surface area contributed by atoms with Gasteiger partial charge in [-0.15, -0.1) is 0 Å². The molecule has 4 aromatic carbocycles. The first-order chi connectivity index (χ1) is 30.2. The maximum atomic E-state index is 12.1. The monoisotopic (exact) mass is 938 g/mol. The van der Waals surface area contributed by atoms with Crippen LogP contribution in [0.5, 0.6) is 0 Å². The number of aromatic amines is 2. The normalized spacial score (nSPS) is 14.2. The summed E-state index contributed by atoms with van der Waals surface area (Å²) in [5.74, 6) is 0. The summed E-state index contributed by atoms with van der Waals surface area (Å²) in [6, 6.07) is 30.2. The van der Waals surface area contributed by atoms with E-state index in [0.29, 0.717) is 89.4 Å². The van der Waals surface area contributed by atoms with E-state index in [-0.39, 0.29) is 19.6 Å². The fourth-order valence-electron chi connectivity index (χ4n) is 7.62. The summed E-state index contributed by atoms with van der Waals surface area (Å²) in [6.07, 6.45) is 7.05. The molecule has 0 aliphatic carbocycles. The Labute approximate surface area is 370 Å². The topological polar surface area (TPSA) is 311 Å². The molecule has 10 N–H and O–H groups in total. The molecular formula is C44H34N4O12S4-4. The molecule has 5 heterocycles. The lowest BCUT2D eigenvalue weighted by Crippen LogP contribution is -1.96. The van der Waals surface area contributed by atoms with E-state index in [9.17, 15) is 54.6 Å². The van der Waals surface area contributed by atoms with Crippen LogP contribution in [0, 0.1) is 0 Å². The minimum atomic E-state index is -4.29. The van der Waals surface area contributed by atoms with E-state index in [0.717, 1.165) is 0 Å². The lowest BCUT2D eigenvalue weighted by atomic mass is 10.0. The van der Waals surface area contributed by atoms with Crippen LogP contribution in [-0.2, 0) is 0 Å². The first kappa shape index (κ1) is 43.6. The van der Waals surface area contributed by atoms with E-state index in [2.05, 4.69) is 9.97 Å². The molecule has 3 aromatic heterocycles. The largest absolute Gasteiger partial charge is 0.769 e. The van der Waals surface area contributed by atoms with Crippen LogP contribution in [0.4, 0.5) is 0 Å². The summed E-state index contributed by atoms with van der Waals surface area (Å²) in [5.41, 5.74) is 8.06. The third-order valence-electron chi connectivity index (χ3n) is 10.6. The lowest BCUT2D eigenvalue weighted by molar-refractivity contribution is 0.358. The summed E-state index contributed by atoms with van der Waals surface area (Å²) in [4.78, 5) is 16.3. The Balaban J connectivity index is 1.42. The van der Waals surface area contributed by atoms with E-state index in [1.54, 1.807) is 97.1 Å². The second kappa shape index (κ2) is 16.1. The van der Waals surface area contributed by atoms with Crippen molar-refractivity contribution in [1.29, 1.82) is 0 Å². The predicted octanol–water partition coefficient (Wildman–Crippen LogP) is 12.3. The van der Waals surface area contributed by atoms with Gasteiger partial charge in [0.1, 0.15) is 0 Å². The first-order valence-corrected chi connectivity index (χ1v) is 24.7. The number of rotatable bonds is 8. The second-order valence-electron chi connectivity index (χ2n) is 14.6. The van der Waals surface area contributed by atoms with Crippen molar-refractivity contribution >= 4 is 89.9 Å². The Kier molecular flexibility index (Phi) is 11.0. The Morgan fingerprint density at radius 3 is 0.656 bits per heavy atom. The molecule has 9 rings (SSSR count). The summed E-state index contributed by atoms with van der Waals surface area (Å²) < 4.78 is 128. The molecule has 0 amide bonds. The highest BCUT2D eigenvalue weighted by Crippen LogP contribution is 2.48. The van der Waals surface area contributed by atoms with Crippen LogP contribution >= 0.6 is 43.5 Å². The number of nitrogens with zero attached hydrogens (tertiary/aromatic N) is 2. The summed E-state index contributed by atoms with van der Waals surface area (Å²) in [6.45, 7) is 0. The van der Waals surface area contributed by atoms with Crippen molar-refractivity contribution < 1.29 is 54.6 Å². The summed E-state index contributed by atoms with van der Waals surface area (Å²) in [7, 11) is -17.1. The standard InChI is InChI=1S/C44H38N4O12S4/c49-61(50,51)29-9-1-25(2-10-29)41-33-17-19-35(45-33)42(26-3-11-30(12-4-26)62(52,53)54)37-21-23-39(47-37)44(28-7-15-32(16-8-28)64(58,59)60)40-24-22-38(48-40)43(36-20-18-34(41)46-36)27-5-13-31(14-6-27)63(55,56)57/h1-24,45,48-60H/p-4. The molecule has 0 fully saturated rings. The molecule has 0 saturated heterocycles. The first-order valence-electron chi connectivity index (χ1n) is 18.8. The molecule has 330 valence electrons. The molecule has 0 radical (unpaired) electrons. The van der Waals surface area contributed by atoms with Gasteiger partial charge in [0, 0.05) is 63.9 Å². The maximum absolute atomic E-state index is 12.1. The van der Waals surface area contributed by atoms with E-state index in [4.69, 9.17) is 9.97 Å². The van der Waals surface area contributed by atoms with Gasteiger partial charge in [0.25, 0.3) is 0 Å². The molecule has 0 saturated carbocycles. The van der Waals surface area contributed by atoms with Gasteiger partial charge >= 0.3 is 0 Å². The van der Waals surface area contributed by atoms with E-state index < -0.39 is 43.5 Å². The van der Waals surface area contributed by atoms with Crippen LogP contribution in [0.2, 0.25) is 0 Å². The SMILES string of the molecule is [O-]S(O)(O)c1ccc(-c2c3nc(c(-c4ccc(S([O-])(O)O)cc4)c4ccc([nH]4)c(-c4ccc(S([O-])(O)O)cc4)c4nc(c(-c5ccc(S([O-])(O)O)cc5)c5ccc2[nH]5)C=C4)C=C3)cc1. The summed E-state index contributed by atoms with van der Waals surface area (Å²) >= 11 is 0. The van der Waals surface area contributed by atoms with Gasteiger partial charge in [0.15, 0.2) is 0 Å². The van der Waals surface area contributed by atoms with Crippen molar-refractivity contribution in [3.8, 4) is 44.5 Å². The molecule has 0 spiro atoms. The molecule has 2 aliphatic rings. The summed E-state index contributed by atoms with van der Waals surface area (Å²) in [5, 5.41) is 0. The number of fused-ring (bicyclic) bond motifs is 8. The fraction of sp³-hybridized carbons (Fsp3) is 0. The minimum Gasteiger partial charge on any atom is -0.769 e. The minimum absolute atomic E-state index is 0.218. The van der Waals surface area contributed by atoms with Crippen molar-refractivity contribution in [3.63, 3.8) is 0 Å². The molecule has 8 bridgehead atoms. The molecule has 0 atom stereocenters. The molecular weight excluding hydrogens is 905 g/mol. The van der Waals surface area contributed by atoms with Crippen molar-refractivity contribution in [3.05, 3.63) is 144 Å². The highest BCUT2D eigenvalue weighted by Gasteiger charge is 2.21. The van der Waals surface area contributed by atoms with Crippen molar-refractivity contribution in [2.45, 2.75) is 19.6 Å². The second-order valence-corrected chi connectivity index (χ2v) is 20.4. The van der Waals surface area contributed by atoms with Crippen LogP contribution in [0.3, 0.4) is 0 Å². The predicted molar refractivity (Wildman–Crippen MR) is 248 cm³/mol. The van der Waals surface area contributed by atoms with Crippen LogP contribution in [0.1, 0.15) is 22.8 Å². The van der Waals surface area contributed by atoms with Gasteiger partial charge in [0.05, 0.1) is 22.8 Å². The van der Waals surface area contributed by atoms with Crippen molar-refractivity contribution in [2.24, 2.45) is 0 Å². The zero-order valence-electron chi connectivity index (χ0n) is 32.6. The number of hydrogen-bond donors (Lipinski definition) is 10. The number of H-pyrrole nitrogens is 2. The number of aromatic nitrogens is 4. The molecule has 20 heteroatoms. The van der Waals surface area contributed by atoms with Crippen LogP contribution in [0.25, 0.3) is 90.9 Å². The van der Waals surface area contributed by atoms with Gasteiger partial charge in [-0.2, -0.15) is 0 Å². The van der Waals surface area contributed by atoms with E-state index in [1.165, 1.54) is 48.5 Å². The number of hydrogen-bond acceptors (Lipinski definition) is 14. The molecule has 7 aromatic rings. The third-order valence-corrected chi connectivity index (χ3v) is 14.1. The average molecular weight is 939 g/mol. The van der Waals surface area contributed by atoms with Crippen LogP contribution in [0.15, 0.2) is 141 Å². The third kappa shape index (κ3) is 8.54.